The Bertz CT molecular complexity index is 140. The third-order valence-electron chi connectivity index (χ3n) is 0.211. The van der Waals surface area contributed by atoms with Gasteiger partial charge >= 0.3 is 16.5 Å². The van der Waals surface area contributed by atoms with Crippen LogP contribution in [0, 0.1) is 0 Å². The Balaban J connectivity index is -0.0000000522. The van der Waals surface area contributed by atoms with Crippen molar-refractivity contribution in [3.63, 3.8) is 0 Å². The molecule has 0 spiro atoms. The number of carbonyl (C=O) groups excluding carboxylic acids is 3. The van der Waals surface area contributed by atoms with Crippen molar-refractivity contribution in [3.05, 3.63) is 0 Å². The Morgan fingerprint density at radius 3 is 1.14 bits per heavy atom. The Kier molecular flexibility index (Phi) is 29.4. The van der Waals surface area contributed by atoms with Gasteiger partial charge in [-0.3, -0.25) is 4.79 Å². The molecule has 0 bridgehead atoms. The Labute approximate surface area is 92.8 Å². The summed E-state index contributed by atoms with van der Waals surface area (Å²) in [4.78, 5) is 28.7. The quantitative estimate of drug-likeness (QED) is 0.370. The smallest absolute Gasteiger partial charge is 0.550 e. The molecule has 0 unspecified atom stereocenters. The van der Waals surface area contributed by atoms with Crippen LogP contribution in [0.15, 0.2) is 0 Å². The molecular formula is C7H13NNiO5. The first-order valence-corrected chi connectivity index (χ1v) is 3.20. The van der Waals surface area contributed by atoms with Crippen molar-refractivity contribution < 1.29 is 41.1 Å². The van der Waals surface area contributed by atoms with E-state index in [0.29, 0.717) is 0 Å². The van der Waals surface area contributed by atoms with E-state index in [2.05, 4.69) is 0 Å². The SMILES string of the molecule is CC(=O)[O-].CC(=O)[O-].CN(C)C=O.[Ni+2]. The summed E-state index contributed by atoms with van der Waals surface area (Å²) in [6, 6.07) is 0. The molecule has 7 heteroatoms. The average molecular weight is 250 g/mol. The van der Waals surface area contributed by atoms with Crippen LogP contribution in [0.4, 0.5) is 0 Å². The summed E-state index contributed by atoms with van der Waals surface area (Å²) in [6.45, 7) is 1.94. The van der Waals surface area contributed by atoms with Gasteiger partial charge in [0.25, 0.3) is 0 Å². The second-order valence-electron chi connectivity index (χ2n) is 2.05. The molecule has 0 fully saturated rings. The standard InChI is InChI=1S/C3H7NO.2C2H4O2.Ni/c1-4(2)3-5;2*1-2(3)4;/h3H,1-2H3;2*1H3,(H,3,4);/q;;;+2/p-2. The van der Waals surface area contributed by atoms with Crippen molar-refractivity contribution in [2.75, 3.05) is 14.1 Å². The van der Waals surface area contributed by atoms with Gasteiger partial charge in [-0.1, -0.05) is 0 Å². The van der Waals surface area contributed by atoms with Gasteiger partial charge in [-0.25, -0.2) is 0 Å². The first-order chi connectivity index (χ1) is 5.73. The summed E-state index contributed by atoms with van der Waals surface area (Å²) >= 11 is 0. The van der Waals surface area contributed by atoms with Crippen LogP contribution in [-0.4, -0.2) is 37.3 Å². The molecule has 0 aliphatic carbocycles. The van der Waals surface area contributed by atoms with Crippen molar-refractivity contribution in [1.82, 2.24) is 4.90 Å². The molecule has 1 amide bonds. The van der Waals surface area contributed by atoms with E-state index in [9.17, 15) is 4.79 Å². The topological polar surface area (TPSA) is 101 Å². The fraction of sp³-hybridized carbons (Fsp3) is 0.571. The number of hydrogen-bond acceptors (Lipinski definition) is 5. The Hall–Kier alpha value is -1.10. The number of carboxylic acids is 2. The molecule has 0 saturated carbocycles. The minimum Gasteiger partial charge on any atom is -0.550 e. The van der Waals surface area contributed by atoms with Crippen LogP contribution in [-0.2, 0) is 30.9 Å². The second-order valence-corrected chi connectivity index (χ2v) is 2.05. The fourth-order valence-corrected chi connectivity index (χ4v) is 0. The van der Waals surface area contributed by atoms with Crippen LogP contribution in [0.5, 0.6) is 0 Å². The number of nitrogens with zero attached hydrogens (tertiary/aromatic N) is 1. The van der Waals surface area contributed by atoms with E-state index in [-0.39, 0.29) is 16.5 Å². The fourth-order valence-electron chi connectivity index (χ4n) is 0. The molecule has 0 aliphatic rings. The number of carboxylic acid groups (broad SMARTS) is 2. The average Bonchev–Trinajstić information content (AvgIpc) is 1.84. The van der Waals surface area contributed by atoms with Crippen molar-refractivity contribution in [1.29, 1.82) is 0 Å². The van der Waals surface area contributed by atoms with E-state index >= 15 is 0 Å². The van der Waals surface area contributed by atoms with Gasteiger partial charge in [0.15, 0.2) is 0 Å². The summed E-state index contributed by atoms with van der Waals surface area (Å²) in [7, 11) is 3.38. The molecule has 0 aromatic rings. The number of hydrogen-bond donors (Lipinski definition) is 0. The van der Waals surface area contributed by atoms with Gasteiger partial charge < -0.3 is 24.7 Å². The largest absolute Gasteiger partial charge is 2.00 e. The maximum atomic E-state index is 9.43. The maximum Gasteiger partial charge on any atom is 2.00 e. The number of amides is 1. The van der Waals surface area contributed by atoms with E-state index in [4.69, 9.17) is 19.8 Å². The number of carbonyl (C=O) groups is 3. The number of rotatable bonds is 1. The van der Waals surface area contributed by atoms with Crippen molar-refractivity contribution in [2.45, 2.75) is 13.8 Å². The monoisotopic (exact) mass is 249 g/mol. The summed E-state index contributed by atoms with van der Waals surface area (Å²) in [5.74, 6) is -2.17. The predicted molar refractivity (Wildman–Crippen MR) is 41.1 cm³/mol. The van der Waals surface area contributed by atoms with Crippen LogP contribution >= 0.6 is 0 Å². The third-order valence-corrected chi connectivity index (χ3v) is 0.211. The van der Waals surface area contributed by atoms with Gasteiger partial charge in [-0.2, -0.15) is 0 Å². The molecule has 0 saturated heterocycles. The van der Waals surface area contributed by atoms with Gasteiger partial charge in [0.1, 0.15) is 0 Å². The zero-order valence-electron chi connectivity index (χ0n) is 8.38. The van der Waals surface area contributed by atoms with Gasteiger partial charge in [0.05, 0.1) is 0 Å². The van der Waals surface area contributed by atoms with Crippen LogP contribution in [0.3, 0.4) is 0 Å². The van der Waals surface area contributed by atoms with Crippen molar-refractivity contribution in [2.24, 2.45) is 0 Å². The molecule has 86 valence electrons. The van der Waals surface area contributed by atoms with Crippen molar-refractivity contribution in [3.8, 4) is 0 Å². The molecule has 14 heavy (non-hydrogen) atoms. The molecule has 0 rings (SSSR count). The van der Waals surface area contributed by atoms with Gasteiger partial charge in [-0.05, 0) is 13.8 Å². The van der Waals surface area contributed by atoms with Gasteiger partial charge in [-0.15, -0.1) is 0 Å². The Morgan fingerprint density at radius 2 is 1.14 bits per heavy atom. The predicted octanol–water partition coefficient (Wildman–Crippen LogP) is -2.79. The molecule has 0 aromatic heterocycles. The molecule has 0 atom stereocenters. The summed E-state index contributed by atoms with van der Waals surface area (Å²) in [5, 5.41) is 17.8. The van der Waals surface area contributed by atoms with Crippen LogP contribution in [0.1, 0.15) is 13.8 Å². The molecule has 0 aromatic carbocycles. The summed E-state index contributed by atoms with van der Waals surface area (Å²) < 4.78 is 0. The van der Waals surface area contributed by atoms with E-state index in [1.54, 1.807) is 14.1 Å². The molecule has 6 nitrogen and oxygen atoms in total. The zero-order chi connectivity index (χ0) is 11.4. The third kappa shape index (κ3) is 1310. The second kappa shape index (κ2) is 17.9. The first kappa shape index (κ1) is 23.1. The molecular weight excluding hydrogens is 237 g/mol. The normalized spacial score (nSPS) is 6.00. The van der Waals surface area contributed by atoms with Crippen LogP contribution in [0.25, 0.3) is 0 Å². The molecule has 0 radical (unpaired) electrons. The first-order valence-electron chi connectivity index (χ1n) is 3.20. The van der Waals surface area contributed by atoms with E-state index < -0.39 is 11.9 Å². The minimum atomic E-state index is -1.08. The van der Waals surface area contributed by atoms with Gasteiger partial charge in [0, 0.05) is 26.0 Å². The summed E-state index contributed by atoms with van der Waals surface area (Å²) in [5.41, 5.74) is 0. The molecule has 0 heterocycles. The summed E-state index contributed by atoms with van der Waals surface area (Å²) in [6.07, 6.45) is 0.750. The zero-order valence-corrected chi connectivity index (χ0v) is 9.37. The van der Waals surface area contributed by atoms with E-state index in [1.165, 1.54) is 4.90 Å². The van der Waals surface area contributed by atoms with E-state index in [1.807, 2.05) is 0 Å². The molecule has 0 aliphatic heterocycles. The van der Waals surface area contributed by atoms with Crippen molar-refractivity contribution >= 4 is 18.3 Å². The van der Waals surface area contributed by atoms with Crippen LogP contribution < -0.4 is 10.2 Å². The van der Waals surface area contributed by atoms with Crippen LogP contribution in [0.2, 0.25) is 0 Å². The minimum absolute atomic E-state index is 0. The molecule has 0 N–H and O–H groups in total. The maximum absolute atomic E-state index is 9.43. The van der Waals surface area contributed by atoms with E-state index in [0.717, 1.165) is 20.3 Å². The van der Waals surface area contributed by atoms with Gasteiger partial charge in [0.2, 0.25) is 6.41 Å². The Morgan fingerprint density at radius 1 is 1.07 bits per heavy atom. The number of aliphatic carboxylic acids is 2.